The van der Waals surface area contributed by atoms with Gasteiger partial charge in [0.2, 0.25) is 5.95 Å². The normalized spacial score (nSPS) is 10.3. The van der Waals surface area contributed by atoms with Crippen molar-refractivity contribution in [3.05, 3.63) is 53.2 Å². The number of para-hydroxylation sites is 1. The number of nitriles is 1. The van der Waals surface area contributed by atoms with E-state index in [1.165, 1.54) is 0 Å². The highest BCUT2D eigenvalue weighted by Gasteiger charge is 2.06. The van der Waals surface area contributed by atoms with Crippen LogP contribution in [0, 0.1) is 11.3 Å². The molecule has 3 aromatic rings. The molecule has 0 saturated carbocycles. The van der Waals surface area contributed by atoms with Gasteiger partial charge in [-0.25, -0.2) is 4.52 Å². The SMILES string of the molecule is N#Cc1ccccc1Nc1nc2cc(Cl)ccn2n1. The topological polar surface area (TPSA) is 66.0 Å². The van der Waals surface area contributed by atoms with Crippen molar-refractivity contribution >= 4 is 28.9 Å². The number of rotatable bonds is 2. The summed E-state index contributed by atoms with van der Waals surface area (Å²) in [6.07, 6.45) is 1.73. The first-order chi connectivity index (χ1) is 9.26. The smallest absolute Gasteiger partial charge is 0.247 e. The van der Waals surface area contributed by atoms with Gasteiger partial charge in [0.1, 0.15) is 6.07 Å². The minimum atomic E-state index is 0.421. The second kappa shape index (κ2) is 4.59. The molecule has 0 fully saturated rings. The maximum Gasteiger partial charge on any atom is 0.247 e. The van der Waals surface area contributed by atoms with Gasteiger partial charge in [-0.15, -0.1) is 5.10 Å². The molecule has 0 saturated heterocycles. The van der Waals surface area contributed by atoms with Gasteiger partial charge in [0.25, 0.3) is 0 Å². The highest BCUT2D eigenvalue weighted by atomic mass is 35.5. The largest absolute Gasteiger partial charge is 0.322 e. The summed E-state index contributed by atoms with van der Waals surface area (Å²) in [5, 5.41) is 16.9. The lowest BCUT2D eigenvalue weighted by atomic mass is 10.2. The minimum Gasteiger partial charge on any atom is -0.322 e. The first kappa shape index (κ1) is 11.5. The number of benzene rings is 1. The van der Waals surface area contributed by atoms with Crippen LogP contribution < -0.4 is 5.32 Å². The van der Waals surface area contributed by atoms with Crippen LogP contribution in [-0.4, -0.2) is 14.6 Å². The van der Waals surface area contributed by atoms with E-state index in [1.54, 1.807) is 41.0 Å². The molecule has 92 valence electrons. The average molecular weight is 270 g/mol. The van der Waals surface area contributed by atoms with Crippen molar-refractivity contribution in [3.8, 4) is 6.07 Å². The number of hydrogen-bond acceptors (Lipinski definition) is 4. The highest BCUT2D eigenvalue weighted by molar-refractivity contribution is 6.30. The Morgan fingerprint density at radius 1 is 1.26 bits per heavy atom. The van der Waals surface area contributed by atoms with E-state index in [9.17, 15) is 0 Å². The molecule has 0 bridgehead atoms. The molecule has 1 N–H and O–H groups in total. The molecule has 0 aliphatic heterocycles. The van der Waals surface area contributed by atoms with E-state index >= 15 is 0 Å². The Bertz CT molecular complexity index is 787. The van der Waals surface area contributed by atoms with Crippen molar-refractivity contribution in [1.29, 1.82) is 5.26 Å². The van der Waals surface area contributed by atoms with Crippen molar-refractivity contribution in [1.82, 2.24) is 14.6 Å². The zero-order valence-electron chi connectivity index (χ0n) is 9.71. The van der Waals surface area contributed by atoms with Gasteiger partial charge in [0.05, 0.1) is 11.3 Å². The summed E-state index contributed by atoms with van der Waals surface area (Å²) >= 11 is 5.89. The van der Waals surface area contributed by atoms with Crippen LogP contribution >= 0.6 is 11.6 Å². The number of nitrogens with one attached hydrogen (secondary N) is 1. The number of aromatic nitrogens is 3. The fourth-order valence-corrected chi connectivity index (χ4v) is 1.87. The quantitative estimate of drug-likeness (QED) is 0.777. The molecule has 0 atom stereocenters. The number of halogens is 1. The van der Waals surface area contributed by atoms with Crippen molar-refractivity contribution in [2.24, 2.45) is 0 Å². The predicted octanol–water partition coefficient (Wildman–Crippen LogP) is 3.00. The van der Waals surface area contributed by atoms with E-state index in [0.29, 0.717) is 27.9 Å². The second-order valence-corrected chi connectivity index (χ2v) is 4.30. The standard InChI is InChI=1S/C13H8ClN5/c14-10-5-6-19-12(7-10)17-13(18-19)16-11-4-2-1-3-9(11)8-15/h1-7H,(H,16,18). The lowest BCUT2D eigenvalue weighted by molar-refractivity contribution is 0.965. The zero-order valence-corrected chi connectivity index (χ0v) is 10.5. The van der Waals surface area contributed by atoms with Crippen LogP contribution in [0.25, 0.3) is 5.65 Å². The van der Waals surface area contributed by atoms with Crippen LogP contribution in [0.3, 0.4) is 0 Å². The lowest BCUT2D eigenvalue weighted by Gasteiger charge is -2.02. The molecule has 0 amide bonds. The summed E-state index contributed by atoms with van der Waals surface area (Å²) in [6.45, 7) is 0. The fourth-order valence-electron chi connectivity index (χ4n) is 1.72. The fraction of sp³-hybridized carbons (Fsp3) is 0. The Morgan fingerprint density at radius 3 is 2.95 bits per heavy atom. The molecule has 2 aromatic heterocycles. The van der Waals surface area contributed by atoms with Crippen LogP contribution in [0.2, 0.25) is 5.02 Å². The van der Waals surface area contributed by atoms with Crippen LogP contribution in [0.5, 0.6) is 0 Å². The Balaban J connectivity index is 1.99. The lowest BCUT2D eigenvalue weighted by Crippen LogP contribution is -1.95. The van der Waals surface area contributed by atoms with Gasteiger partial charge in [-0.2, -0.15) is 10.2 Å². The molecule has 0 spiro atoms. The highest BCUT2D eigenvalue weighted by Crippen LogP contribution is 2.19. The number of nitrogens with zero attached hydrogens (tertiary/aromatic N) is 4. The third-order valence-corrected chi connectivity index (χ3v) is 2.83. The maximum absolute atomic E-state index is 9.02. The molecule has 0 aliphatic rings. The number of pyridine rings is 1. The molecular formula is C13H8ClN5. The first-order valence-electron chi connectivity index (χ1n) is 5.54. The molecule has 19 heavy (non-hydrogen) atoms. The third kappa shape index (κ3) is 2.21. The number of fused-ring (bicyclic) bond motifs is 1. The molecule has 0 unspecified atom stereocenters. The van der Waals surface area contributed by atoms with Crippen molar-refractivity contribution in [2.45, 2.75) is 0 Å². The van der Waals surface area contributed by atoms with E-state index in [1.807, 2.05) is 6.07 Å². The molecule has 6 heteroatoms. The van der Waals surface area contributed by atoms with Crippen LogP contribution in [0.4, 0.5) is 11.6 Å². The van der Waals surface area contributed by atoms with Crippen molar-refractivity contribution < 1.29 is 0 Å². The minimum absolute atomic E-state index is 0.421. The van der Waals surface area contributed by atoms with E-state index in [2.05, 4.69) is 21.5 Å². The Morgan fingerprint density at radius 2 is 2.11 bits per heavy atom. The third-order valence-electron chi connectivity index (χ3n) is 2.59. The molecule has 0 aliphatic carbocycles. The summed E-state index contributed by atoms with van der Waals surface area (Å²) in [5.41, 5.74) is 1.86. The molecule has 5 nitrogen and oxygen atoms in total. The number of hydrogen-bond donors (Lipinski definition) is 1. The maximum atomic E-state index is 9.02. The molecule has 2 heterocycles. The Hall–Kier alpha value is -2.58. The Labute approximate surface area is 114 Å². The average Bonchev–Trinajstić information content (AvgIpc) is 2.80. The van der Waals surface area contributed by atoms with E-state index in [4.69, 9.17) is 16.9 Å². The van der Waals surface area contributed by atoms with E-state index < -0.39 is 0 Å². The van der Waals surface area contributed by atoms with Gasteiger partial charge >= 0.3 is 0 Å². The zero-order chi connectivity index (χ0) is 13.2. The molecule has 0 radical (unpaired) electrons. The van der Waals surface area contributed by atoms with Gasteiger partial charge in [0.15, 0.2) is 5.65 Å². The Kier molecular flexibility index (Phi) is 2.78. The second-order valence-electron chi connectivity index (χ2n) is 3.87. The molecule has 3 rings (SSSR count). The molecular weight excluding hydrogens is 262 g/mol. The summed E-state index contributed by atoms with van der Waals surface area (Å²) in [7, 11) is 0. The summed E-state index contributed by atoms with van der Waals surface area (Å²) in [4.78, 5) is 4.29. The van der Waals surface area contributed by atoms with Gasteiger partial charge < -0.3 is 5.32 Å². The predicted molar refractivity (Wildman–Crippen MR) is 72.4 cm³/mol. The van der Waals surface area contributed by atoms with Crippen LogP contribution in [0.15, 0.2) is 42.6 Å². The van der Waals surface area contributed by atoms with Crippen LogP contribution in [0.1, 0.15) is 5.56 Å². The summed E-state index contributed by atoms with van der Waals surface area (Å²) in [5.74, 6) is 0.421. The first-order valence-corrected chi connectivity index (χ1v) is 5.92. The molecule has 1 aromatic carbocycles. The van der Waals surface area contributed by atoms with Gasteiger partial charge in [0, 0.05) is 17.3 Å². The summed E-state index contributed by atoms with van der Waals surface area (Å²) in [6, 6.07) is 12.7. The monoisotopic (exact) mass is 269 g/mol. The van der Waals surface area contributed by atoms with Gasteiger partial charge in [-0.05, 0) is 18.2 Å². The van der Waals surface area contributed by atoms with Gasteiger partial charge in [-0.1, -0.05) is 23.7 Å². The van der Waals surface area contributed by atoms with Crippen molar-refractivity contribution in [2.75, 3.05) is 5.32 Å². The summed E-state index contributed by atoms with van der Waals surface area (Å²) < 4.78 is 1.61. The van der Waals surface area contributed by atoms with E-state index in [0.717, 1.165) is 0 Å². The number of anilines is 2. The van der Waals surface area contributed by atoms with Crippen molar-refractivity contribution in [3.63, 3.8) is 0 Å². The van der Waals surface area contributed by atoms with Crippen LogP contribution in [-0.2, 0) is 0 Å². The van der Waals surface area contributed by atoms with Gasteiger partial charge in [-0.3, -0.25) is 0 Å². The van der Waals surface area contributed by atoms with E-state index in [-0.39, 0.29) is 0 Å².